The van der Waals surface area contributed by atoms with E-state index < -0.39 is 0 Å². The third kappa shape index (κ3) is 6.58. The second kappa shape index (κ2) is 18.1. The molecule has 0 N–H and O–H groups in total. The van der Waals surface area contributed by atoms with E-state index in [0.717, 1.165) is 45.5 Å². The molecule has 0 saturated carbocycles. The molecule has 0 amide bonds. The molecule has 13 aromatic carbocycles. The van der Waals surface area contributed by atoms with Crippen LogP contribution >= 0.6 is 0 Å². The zero-order valence-corrected chi connectivity index (χ0v) is 46.7. The summed E-state index contributed by atoms with van der Waals surface area (Å²) in [6, 6.07) is 112. The molecule has 4 aliphatic heterocycles. The monoisotopic (exact) mass is 1090 g/mol. The van der Waals surface area contributed by atoms with Gasteiger partial charge in [0.25, 0.3) is 13.4 Å². The van der Waals surface area contributed by atoms with E-state index >= 15 is 0 Å². The molecule has 15 aromatic rings. The van der Waals surface area contributed by atoms with Crippen molar-refractivity contribution in [1.29, 1.82) is 0 Å². The zero-order chi connectivity index (χ0) is 56.1. The van der Waals surface area contributed by atoms with E-state index in [0.29, 0.717) is 0 Å². The standard InChI is InChI=1S/C78H50B2N6/c1-7-23-51(24-8-1)81(52-25-9-2-10-26-52)57-39-43-65-73(47-57)83(55-31-15-5-16-32-55)69-45-41-59-61-49-62-60-42-46-70-76-78(60)86(72(62)50-71(61)85-67-37-21-19-35-63(67)79(65)75(69)77(59)85)68-38-22-20-36-64(68)80(76)66-44-40-58(48-74(66)84(70)56-33-17-6-18-34-56)82(53-27-11-3-12-28-53)54-29-13-4-14-30-54/h1-50H. The van der Waals surface area contributed by atoms with E-state index in [4.69, 9.17) is 0 Å². The Balaban J connectivity index is 0.847. The fraction of sp³-hybridized carbons (Fsp3) is 0. The van der Waals surface area contributed by atoms with Crippen molar-refractivity contribution in [3.63, 3.8) is 0 Å². The molecule has 398 valence electrons. The molecule has 4 aliphatic rings. The molecule has 2 aromatic heterocycles. The molecule has 6 nitrogen and oxygen atoms in total. The maximum atomic E-state index is 2.61. The zero-order valence-electron chi connectivity index (χ0n) is 46.7. The van der Waals surface area contributed by atoms with Crippen molar-refractivity contribution < 1.29 is 0 Å². The number of para-hydroxylation sites is 8. The van der Waals surface area contributed by atoms with Gasteiger partial charge in [-0.05, 0) is 166 Å². The van der Waals surface area contributed by atoms with Crippen LogP contribution in [0.4, 0.5) is 68.2 Å². The van der Waals surface area contributed by atoms with Gasteiger partial charge in [-0.25, -0.2) is 0 Å². The molecule has 0 aliphatic carbocycles. The maximum absolute atomic E-state index is 2.61. The number of rotatable bonds is 8. The van der Waals surface area contributed by atoms with Crippen molar-refractivity contribution in [2.24, 2.45) is 0 Å². The molecule has 0 spiro atoms. The lowest BCUT2D eigenvalue weighted by Gasteiger charge is -2.40. The Bertz CT molecular complexity index is 4860. The average molecular weight is 1090 g/mol. The first-order valence-corrected chi connectivity index (χ1v) is 29.8. The largest absolute Gasteiger partial charge is 0.311 e. The molecule has 0 fully saturated rings. The van der Waals surface area contributed by atoms with E-state index in [-0.39, 0.29) is 13.4 Å². The number of nitrogens with zero attached hydrogens (tertiary/aromatic N) is 6. The number of aromatic nitrogens is 2. The van der Waals surface area contributed by atoms with Crippen molar-refractivity contribution >= 4 is 158 Å². The van der Waals surface area contributed by atoms with Gasteiger partial charge < -0.3 is 28.7 Å². The van der Waals surface area contributed by atoms with Gasteiger partial charge >= 0.3 is 0 Å². The van der Waals surface area contributed by atoms with Gasteiger partial charge in [-0.1, -0.05) is 170 Å². The van der Waals surface area contributed by atoms with Gasteiger partial charge in [-0.15, -0.1) is 0 Å². The number of anilines is 12. The third-order valence-corrected chi connectivity index (χ3v) is 18.8. The van der Waals surface area contributed by atoms with Gasteiger partial charge in [0.2, 0.25) is 0 Å². The van der Waals surface area contributed by atoms with Crippen molar-refractivity contribution in [3.05, 3.63) is 303 Å². The van der Waals surface area contributed by atoms with Gasteiger partial charge in [-0.3, -0.25) is 0 Å². The second-order valence-corrected chi connectivity index (χ2v) is 23.2. The first kappa shape index (κ1) is 47.3. The molecule has 0 atom stereocenters. The Morgan fingerprint density at radius 3 is 0.953 bits per heavy atom. The maximum Gasteiger partial charge on any atom is 0.252 e. The molecule has 6 heterocycles. The lowest BCUT2D eigenvalue weighted by molar-refractivity contribution is 1.17. The minimum Gasteiger partial charge on any atom is -0.311 e. The predicted molar refractivity (Wildman–Crippen MR) is 363 cm³/mol. The minimum atomic E-state index is -0.0103. The first-order chi connectivity index (χ1) is 42.7. The van der Waals surface area contributed by atoms with Crippen LogP contribution in [0.2, 0.25) is 0 Å². The van der Waals surface area contributed by atoms with Crippen molar-refractivity contribution in [2.45, 2.75) is 0 Å². The Hall–Kier alpha value is -11.2. The smallest absolute Gasteiger partial charge is 0.252 e. The van der Waals surface area contributed by atoms with Crippen molar-refractivity contribution in [3.8, 4) is 11.4 Å². The third-order valence-electron chi connectivity index (χ3n) is 18.8. The lowest BCUT2D eigenvalue weighted by Crippen LogP contribution is -2.60. The van der Waals surface area contributed by atoms with E-state index in [1.54, 1.807) is 0 Å². The minimum absolute atomic E-state index is 0.0103. The summed E-state index contributed by atoms with van der Waals surface area (Å²) in [7, 11) is 0. The first-order valence-electron chi connectivity index (χ1n) is 29.8. The van der Waals surface area contributed by atoms with Gasteiger partial charge in [0.1, 0.15) is 0 Å². The van der Waals surface area contributed by atoms with Gasteiger partial charge in [0.05, 0.1) is 22.1 Å². The van der Waals surface area contributed by atoms with Gasteiger partial charge in [0.15, 0.2) is 0 Å². The van der Waals surface area contributed by atoms with Crippen LogP contribution in [-0.4, -0.2) is 22.6 Å². The number of hydrogen-bond donors (Lipinski definition) is 0. The number of benzene rings is 13. The number of hydrogen-bond acceptors (Lipinski definition) is 4. The van der Waals surface area contributed by atoms with E-state index in [1.807, 2.05) is 0 Å². The molecule has 8 heteroatoms. The van der Waals surface area contributed by atoms with Crippen molar-refractivity contribution in [2.75, 3.05) is 19.6 Å². The molecule has 19 rings (SSSR count). The topological polar surface area (TPSA) is 22.8 Å². The Morgan fingerprint density at radius 1 is 0.233 bits per heavy atom. The SMILES string of the molecule is c1ccc(N(c2ccccc2)c2ccc3c(c2)N(c2ccccc2)c2ccc4c5cc6c7ccc8c9c7n(c6cc5n5c4c2B3c2ccccc2-5)-c2ccccc2B9c2ccc(N(c3ccccc3)c3ccccc3)cc2N8c2ccccc2)cc1. The van der Waals surface area contributed by atoms with Crippen molar-refractivity contribution in [1.82, 2.24) is 9.13 Å². The fourth-order valence-electron chi connectivity index (χ4n) is 15.4. The van der Waals surface area contributed by atoms with Crippen LogP contribution in [0.5, 0.6) is 0 Å². The average Bonchev–Trinajstić information content (AvgIpc) is 1.43. The summed E-state index contributed by atoms with van der Waals surface area (Å²) in [6.07, 6.45) is 0. The summed E-state index contributed by atoms with van der Waals surface area (Å²) in [6.45, 7) is -0.0206. The van der Waals surface area contributed by atoms with Crippen LogP contribution in [0.25, 0.3) is 55.0 Å². The summed E-state index contributed by atoms with van der Waals surface area (Å²) < 4.78 is 5.22. The van der Waals surface area contributed by atoms with Crippen LogP contribution in [0.3, 0.4) is 0 Å². The normalized spacial score (nSPS) is 13.0. The Kier molecular flexibility index (Phi) is 9.98. The highest BCUT2D eigenvalue weighted by Gasteiger charge is 2.45. The molecule has 0 radical (unpaired) electrons. The quantitative estimate of drug-likeness (QED) is 0.141. The highest BCUT2D eigenvalue weighted by Crippen LogP contribution is 2.49. The second-order valence-electron chi connectivity index (χ2n) is 23.2. The van der Waals surface area contributed by atoms with E-state index in [2.05, 4.69) is 332 Å². The van der Waals surface area contributed by atoms with Crippen LogP contribution in [0.15, 0.2) is 303 Å². The summed E-state index contributed by atoms with van der Waals surface area (Å²) in [4.78, 5) is 9.80. The van der Waals surface area contributed by atoms with Crippen LogP contribution in [-0.2, 0) is 0 Å². The van der Waals surface area contributed by atoms with Crippen LogP contribution < -0.4 is 52.4 Å². The summed E-state index contributed by atoms with van der Waals surface area (Å²) in [5, 5.41) is 5.04. The van der Waals surface area contributed by atoms with Gasteiger partial charge in [-0.2, -0.15) is 0 Å². The molecule has 0 unspecified atom stereocenters. The highest BCUT2D eigenvalue weighted by molar-refractivity contribution is 7.01. The predicted octanol–water partition coefficient (Wildman–Crippen LogP) is 16.0. The molecule has 86 heavy (non-hydrogen) atoms. The summed E-state index contributed by atoms with van der Waals surface area (Å²) in [5.74, 6) is 0. The van der Waals surface area contributed by atoms with E-state index in [9.17, 15) is 0 Å². The molecular formula is C78H50B2N6. The Morgan fingerprint density at radius 2 is 0.570 bits per heavy atom. The Labute approximate surface area is 498 Å². The molecule has 0 bridgehead atoms. The summed E-state index contributed by atoms with van der Waals surface area (Å²) in [5.41, 5.74) is 28.9. The summed E-state index contributed by atoms with van der Waals surface area (Å²) >= 11 is 0. The highest BCUT2D eigenvalue weighted by atomic mass is 15.2. The molecule has 0 saturated heterocycles. The lowest BCUT2D eigenvalue weighted by atomic mass is 9.34. The van der Waals surface area contributed by atoms with Crippen LogP contribution in [0.1, 0.15) is 0 Å². The molecular weight excluding hydrogens is 1040 g/mol. The van der Waals surface area contributed by atoms with Gasteiger partial charge in [0, 0.05) is 101 Å². The number of fused-ring (bicyclic) bond motifs is 16. The van der Waals surface area contributed by atoms with Crippen LogP contribution in [0, 0.1) is 0 Å². The van der Waals surface area contributed by atoms with E-state index in [1.165, 1.54) is 111 Å². The fourth-order valence-corrected chi connectivity index (χ4v) is 15.4.